The van der Waals surface area contributed by atoms with Gasteiger partial charge in [0.1, 0.15) is 12.1 Å². The van der Waals surface area contributed by atoms with E-state index in [4.69, 9.17) is 4.98 Å². The highest BCUT2D eigenvalue weighted by molar-refractivity contribution is 7.10. The molecule has 0 unspecified atom stereocenters. The average Bonchev–Trinajstić information content (AvgIpc) is 3.41. The maximum absolute atomic E-state index is 4.89. The van der Waals surface area contributed by atoms with Crippen LogP contribution in [0.5, 0.6) is 0 Å². The molecule has 0 aliphatic rings. The van der Waals surface area contributed by atoms with Gasteiger partial charge in [0.15, 0.2) is 0 Å². The molecular weight excluding hydrogens is 402 g/mol. The van der Waals surface area contributed by atoms with E-state index in [2.05, 4.69) is 66.1 Å². The zero-order valence-electron chi connectivity index (χ0n) is 18.9. The molecule has 0 saturated heterocycles. The second-order valence-electron chi connectivity index (χ2n) is 7.87. The van der Waals surface area contributed by atoms with Crippen molar-refractivity contribution in [3.05, 3.63) is 75.8 Å². The minimum absolute atomic E-state index is 0.857. The number of hydrogen-bond acceptors (Lipinski definition) is 5. The quantitative estimate of drug-likeness (QED) is 0.374. The highest BCUT2D eigenvalue weighted by Gasteiger charge is 2.12. The molecule has 160 valence electrons. The van der Waals surface area contributed by atoms with Gasteiger partial charge in [-0.2, -0.15) is 0 Å². The Labute approximate surface area is 188 Å². The molecule has 31 heavy (non-hydrogen) atoms. The Bertz CT molecular complexity index is 1170. The predicted molar refractivity (Wildman–Crippen MR) is 129 cm³/mol. The van der Waals surface area contributed by atoms with E-state index in [1.807, 2.05) is 30.0 Å². The Balaban J connectivity index is 1.52. The van der Waals surface area contributed by atoms with Gasteiger partial charge in [0.05, 0.1) is 16.4 Å². The number of nitrogens with zero attached hydrogens (tertiary/aromatic N) is 5. The number of rotatable bonds is 7. The molecule has 0 aliphatic heterocycles. The van der Waals surface area contributed by atoms with Gasteiger partial charge in [0, 0.05) is 48.5 Å². The van der Waals surface area contributed by atoms with Crippen molar-refractivity contribution in [2.75, 3.05) is 18.0 Å². The topological polar surface area (TPSA) is 46.8 Å². The van der Waals surface area contributed by atoms with E-state index in [0.717, 1.165) is 47.3 Å². The van der Waals surface area contributed by atoms with Crippen molar-refractivity contribution < 1.29 is 0 Å². The van der Waals surface area contributed by atoms with Gasteiger partial charge in [-0.25, -0.2) is 15.0 Å². The number of anilines is 1. The number of hydrogen-bond donors (Lipinski definition) is 0. The van der Waals surface area contributed by atoms with Gasteiger partial charge >= 0.3 is 0 Å². The van der Waals surface area contributed by atoms with Crippen LogP contribution < -0.4 is 4.90 Å². The van der Waals surface area contributed by atoms with Gasteiger partial charge in [-0.05, 0) is 69.5 Å². The zero-order chi connectivity index (χ0) is 22.0. The van der Waals surface area contributed by atoms with Crippen molar-refractivity contribution >= 4 is 17.0 Å². The highest BCUT2D eigenvalue weighted by Crippen LogP contribution is 2.28. The minimum atomic E-state index is 0.857. The lowest BCUT2D eigenvalue weighted by atomic mass is 10.0. The maximum Gasteiger partial charge on any atom is 0.137 e. The van der Waals surface area contributed by atoms with Gasteiger partial charge in [-0.3, -0.25) is 4.57 Å². The molecule has 3 heterocycles. The van der Waals surface area contributed by atoms with Gasteiger partial charge in [-0.15, -0.1) is 11.3 Å². The third-order valence-electron chi connectivity index (χ3n) is 5.67. The van der Waals surface area contributed by atoms with Crippen molar-refractivity contribution in [2.24, 2.45) is 0 Å². The summed E-state index contributed by atoms with van der Waals surface area (Å²) in [7, 11) is 0. The molecule has 0 radical (unpaired) electrons. The van der Waals surface area contributed by atoms with Gasteiger partial charge < -0.3 is 4.90 Å². The third kappa shape index (κ3) is 4.54. The first-order valence-corrected chi connectivity index (χ1v) is 11.6. The number of thiazole rings is 1. The summed E-state index contributed by atoms with van der Waals surface area (Å²) in [6.45, 7) is 12.9. The average molecular weight is 432 g/mol. The summed E-state index contributed by atoms with van der Waals surface area (Å²) in [6.07, 6.45) is 6.50. The summed E-state index contributed by atoms with van der Waals surface area (Å²) in [5.41, 5.74) is 8.33. The number of pyridine rings is 1. The van der Waals surface area contributed by atoms with Crippen LogP contribution >= 0.6 is 11.3 Å². The van der Waals surface area contributed by atoms with E-state index in [9.17, 15) is 0 Å². The van der Waals surface area contributed by atoms with Crippen molar-refractivity contribution in [3.63, 3.8) is 0 Å². The molecule has 0 N–H and O–H groups in total. The van der Waals surface area contributed by atoms with Gasteiger partial charge in [-0.1, -0.05) is 6.07 Å². The Kier molecular flexibility index (Phi) is 6.18. The smallest absolute Gasteiger partial charge is 0.137 e. The summed E-state index contributed by atoms with van der Waals surface area (Å²) in [4.78, 5) is 16.2. The number of benzene rings is 1. The lowest BCUT2D eigenvalue weighted by Crippen LogP contribution is -2.23. The lowest BCUT2D eigenvalue weighted by molar-refractivity contribution is 0.859. The molecule has 5 nitrogen and oxygen atoms in total. The number of imidazole rings is 1. The maximum atomic E-state index is 4.89. The van der Waals surface area contributed by atoms with E-state index in [-0.39, 0.29) is 0 Å². The van der Waals surface area contributed by atoms with Crippen LogP contribution in [0.15, 0.2) is 48.4 Å². The van der Waals surface area contributed by atoms with Gasteiger partial charge in [0.2, 0.25) is 0 Å². The Morgan fingerprint density at radius 3 is 2.45 bits per heavy atom. The zero-order valence-corrected chi connectivity index (χ0v) is 19.7. The van der Waals surface area contributed by atoms with Crippen molar-refractivity contribution in [3.8, 4) is 17.1 Å². The van der Waals surface area contributed by atoms with Crippen LogP contribution in [0.2, 0.25) is 0 Å². The summed E-state index contributed by atoms with van der Waals surface area (Å²) >= 11 is 1.71. The van der Waals surface area contributed by atoms with E-state index in [0.29, 0.717) is 0 Å². The van der Waals surface area contributed by atoms with E-state index >= 15 is 0 Å². The number of aryl methyl sites for hydroxylation is 3. The third-order valence-corrected chi connectivity index (χ3v) is 6.52. The SMILES string of the molecule is CCN(CC)c1cc(C)c(Cc2nc(-c3ccc(-n4cnc(C)c4)nc3)cs2)cc1C. The Hall–Kier alpha value is -2.99. The fraction of sp³-hybridized carbons (Fsp3) is 0.320. The minimum Gasteiger partial charge on any atom is -0.372 e. The summed E-state index contributed by atoms with van der Waals surface area (Å²) in [5.74, 6) is 0.860. The molecule has 3 aromatic heterocycles. The van der Waals surface area contributed by atoms with Crippen LogP contribution in [-0.2, 0) is 6.42 Å². The Morgan fingerprint density at radius 1 is 1.00 bits per heavy atom. The first-order chi connectivity index (χ1) is 15.0. The first-order valence-electron chi connectivity index (χ1n) is 10.7. The molecule has 0 spiro atoms. The fourth-order valence-electron chi connectivity index (χ4n) is 3.88. The molecule has 4 rings (SSSR count). The molecule has 0 aliphatic carbocycles. The van der Waals surface area contributed by atoms with Crippen molar-refractivity contribution in [1.82, 2.24) is 19.5 Å². The molecule has 0 bridgehead atoms. The van der Waals surface area contributed by atoms with E-state index in [1.54, 1.807) is 17.7 Å². The molecule has 0 atom stereocenters. The van der Waals surface area contributed by atoms with E-state index < -0.39 is 0 Å². The fourth-order valence-corrected chi connectivity index (χ4v) is 4.71. The largest absolute Gasteiger partial charge is 0.372 e. The molecule has 0 amide bonds. The summed E-state index contributed by atoms with van der Waals surface area (Å²) < 4.78 is 1.93. The molecule has 0 saturated carbocycles. The van der Waals surface area contributed by atoms with Crippen LogP contribution in [0, 0.1) is 20.8 Å². The van der Waals surface area contributed by atoms with Crippen LogP contribution in [-0.4, -0.2) is 32.6 Å². The van der Waals surface area contributed by atoms with Gasteiger partial charge in [0.25, 0.3) is 0 Å². The molecule has 6 heteroatoms. The van der Waals surface area contributed by atoms with Crippen molar-refractivity contribution in [1.29, 1.82) is 0 Å². The molecule has 0 fully saturated rings. The lowest BCUT2D eigenvalue weighted by Gasteiger charge is -2.24. The number of aromatic nitrogens is 4. The highest BCUT2D eigenvalue weighted by atomic mass is 32.1. The summed E-state index contributed by atoms with van der Waals surface area (Å²) in [5, 5.41) is 3.25. The van der Waals surface area contributed by atoms with Crippen LogP contribution in [0.1, 0.15) is 41.2 Å². The van der Waals surface area contributed by atoms with Crippen molar-refractivity contribution in [2.45, 2.75) is 41.0 Å². The second-order valence-corrected chi connectivity index (χ2v) is 8.81. The molecule has 1 aromatic carbocycles. The second kappa shape index (κ2) is 9.02. The standard InChI is InChI=1S/C25H29N5S/c1-6-29(7-2)23-11-17(3)21(10-18(23)4)12-25-28-22(15-31-25)20-8-9-24(26-13-20)30-14-19(5)27-16-30/h8-11,13-16H,6-7,12H2,1-5H3. The summed E-state index contributed by atoms with van der Waals surface area (Å²) in [6, 6.07) is 8.74. The normalized spacial score (nSPS) is 11.1. The monoisotopic (exact) mass is 431 g/mol. The Morgan fingerprint density at radius 2 is 1.81 bits per heavy atom. The molecular formula is C25H29N5S. The predicted octanol–water partition coefficient (Wildman–Crippen LogP) is 5.75. The van der Waals surface area contributed by atoms with E-state index in [1.165, 1.54) is 22.4 Å². The first kappa shape index (κ1) is 21.2. The van der Waals surface area contributed by atoms with Crippen LogP contribution in [0.25, 0.3) is 17.1 Å². The van der Waals surface area contributed by atoms with Crippen LogP contribution in [0.4, 0.5) is 5.69 Å². The molecule has 4 aromatic rings. The van der Waals surface area contributed by atoms with Crippen LogP contribution in [0.3, 0.4) is 0 Å².